The van der Waals surface area contributed by atoms with Crippen LogP contribution in [0.3, 0.4) is 0 Å². The highest BCUT2D eigenvalue weighted by Gasteiger charge is 2.26. The molecule has 0 aromatic heterocycles. The zero-order valence-electron chi connectivity index (χ0n) is 11.2. The van der Waals surface area contributed by atoms with Gasteiger partial charge < -0.3 is 5.73 Å². The third kappa shape index (κ3) is 3.97. The van der Waals surface area contributed by atoms with Crippen molar-refractivity contribution in [3.63, 3.8) is 0 Å². The fourth-order valence-electron chi connectivity index (χ4n) is 1.53. The van der Waals surface area contributed by atoms with Gasteiger partial charge in [-0.2, -0.15) is 0 Å². The zero-order chi connectivity index (χ0) is 15.6. The van der Waals surface area contributed by atoms with Crippen LogP contribution < -0.4 is 10.5 Å². The lowest BCUT2D eigenvalue weighted by molar-refractivity contribution is 0.391. The molecule has 0 radical (unpaired) electrons. The molecule has 0 atom stereocenters. The Balaban J connectivity index is 3.04. The summed E-state index contributed by atoms with van der Waals surface area (Å²) in [6.45, 7) is 3.62. The highest BCUT2D eigenvalue weighted by molar-refractivity contribution is 9.10. The molecule has 0 bridgehead atoms. The summed E-state index contributed by atoms with van der Waals surface area (Å²) in [5.74, 6) is -1.88. The van der Waals surface area contributed by atoms with Gasteiger partial charge in [0.05, 0.1) is 4.47 Å². The lowest BCUT2D eigenvalue weighted by Gasteiger charge is -2.26. The van der Waals surface area contributed by atoms with Crippen molar-refractivity contribution in [1.29, 1.82) is 0 Å². The SMILES string of the molecule is CCC(N)(CC)CNS(=O)(=O)c1cc(F)c(Br)cc1F. The van der Waals surface area contributed by atoms with E-state index in [2.05, 4.69) is 20.7 Å². The summed E-state index contributed by atoms with van der Waals surface area (Å²) < 4.78 is 53.1. The second-order valence-electron chi connectivity index (χ2n) is 4.59. The summed E-state index contributed by atoms with van der Waals surface area (Å²) in [4.78, 5) is -0.729. The van der Waals surface area contributed by atoms with Crippen LogP contribution in [0.15, 0.2) is 21.5 Å². The van der Waals surface area contributed by atoms with Crippen LogP contribution in [0, 0.1) is 11.6 Å². The smallest absolute Gasteiger partial charge is 0.243 e. The van der Waals surface area contributed by atoms with E-state index in [-0.39, 0.29) is 11.0 Å². The number of sulfonamides is 1. The van der Waals surface area contributed by atoms with Crippen molar-refractivity contribution in [2.24, 2.45) is 5.73 Å². The quantitative estimate of drug-likeness (QED) is 0.755. The molecular formula is C12H17BrF2N2O2S. The van der Waals surface area contributed by atoms with E-state index in [1.807, 2.05) is 13.8 Å². The lowest BCUT2D eigenvalue weighted by Crippen LogP contribution is -2.49. The van der Waals surface area contributed by atoms with Crippen molar-refractivity contribution >= 4 is 26.0 Å². The van der Waals surface area contributed by atoms with E-state index in [9.17, 15) is 17.2 Å². The van der Waals surface area contributed by atoms with Crippen LogP contribution in [0.25, 0.3) is 0 Å². The van der Waals surface area contributed by atoms with Crippen molar-refractivity contribution in [3.8, 4) is 0 Å². The molecule has 1 rings (SSSR count). The molecule has 0 unspecified atom stereocenters. The van der Waals surface area contributed by atoms with Crippen molar-refractivity contribution in [2.45, 2.75) is 37.1 Å². The number of benzene rings is 1. The Morgan fingerprint density at radius 2 is 1.80 bits per heavy atom. The van der Waals surface area contributed by atoms with Gasteiger partial charge in [0.15, 0.2) is 0 Å². The molecule has 0 aliphatic carbocycles. The first-order valence-electron chi connectivity index (χ1n) is 6.08. The molecule has 114 valence electrons. The minimum Gasteiger partial charge on any atom is -0.324 e. The molecule has 0 amide bonds. The van der Waals surface area contributed by atoms with Crippen LogP contribution in [0.1, 0.15) is 26.7 Å². The fraction of sp³-hybridized carbons (Fsp3) is 0.500. The Morgan fingerprint density at radius 1 is 1.25 bits per heavy atom. The molecule has 4 nitrogen and oxygen atoms in total. The minimum atomic E-state index is -4.15. The predicted molar refractivity (Wildman–Crippen MR) is 76.7 cm³/mol. The van der Waals surface area contributed by atoms with Crippen LogP contribution in [-0.2, 0) is 10.0 Å². The average molecular weight is 371 g/mol. The minimum absolute atomic E-state index is 0.0422. The van der Waals surface area contributed by atoms with Gasteiger partial charge in [-0.25, -0.2) is 21.9 Å². The molecule has 0 saturated carbocycles. The first-order valence-corrected chi connectivity index (χ1v) is 8.36. The summed E-state index contributed by atoms with van der Waals surface area (Å²) in [7, 11) is -4.15. The van der Waals surface area contributed by atoms with E-state index < -0.39 is 32.1 Å². The van der Waals surface area contributed by atoms with Crippen LogP contribution in [0.5, 0.6) is 0 Å². The van der Waals surface area contributed by atoms with E-state index in [1.165, 1.54) is 0 Å². The van der Waals surface area contributed by atoms with Gasteiger partial charge >= 0.3 is 0 Å². The predicted octanol–water partition coefficient (Wildman–Crippen LogP) is 2.52. The molecule has 20 heavy (non-hydrogen) atoms. The van der Waals surface area contributed by atoms with E-state index >= 15 is 0 Å². The maximum Gasteiger partial charge on any atom is 0.243 e. The second kappa shape index (κ2) is 6.46. The maximum atomic E-state index is 13.7. The topological polar surface area (TPSA) is 72.2 Å². The third-order valence-corrected chi connectivity index (χ3v) is 5.31. The molecule has 1 aromatic rings. The Kier molecular flexibility index (Phi) is 5.65. The first-order chi connectivity index (χ1) is 9.15. The number of hydrogen-bond acceptors (Lipinski definition) is 3. The molecule has 0 aliphatic rings. The van der Waals surface area contributed by atoms with Gasteiger partial charge in [-0.1, -0.05) is 13.8 Å². The number of halogens is 3. The number of hydrogen-bond donors (Lipinski definition) is 2. The Hall–Kier alpha value is -0.570. The molecule has 0 fully saturated rings. The van der Waals surface area contributed by atoms with Crippen molar-refractivity contribution in [1.82, 2.24) is 4.72 Å². The number of nitrogens with two attached hydrogens (primary N) is 1. The fourth-order valence-corrected chi connectivity index (χ4v) is 3.05. The Bertz CT molecular complexity index is 589. The van der Waals surface area contributed by atoms with Gasteiger partial charge in [0.1, 0.15) is 16.5 Å². The molecular weight excluding hydrogens is 354 g/mol. The molecule has 0 heterocycles. The maximum absolute atomic E-state index is 13.7. The highest BCUT2D eigenvalue weighted by Crippen LogP contribution is 2.23. The van der Waals surface area contributed by atoms with Crippen molar-refractivity contribution < 1.29 is 17.2 Å². The highest BCUT2D eigenvalue weighted by atomic mass is 79.9. The Labute approximate surface area is 125 Å². The molecule has 1 aromatic carbocycles. The summed E-state index contributed by atoms with van der Waals surface area (Å²) in [6, 6.07) is 1.41. The van der Waals surface area contributed by atoms with E-state index in [0.717, 1.165) is 6.07 Å². The van der Waals surface area contributed by atoms with Crippen LogP contribution in [0.2, 0.25) is 0 Å². The van der Waals surface area contributed by atoms with Crippen LogP contribution in [-0.4, -0.2) is 20.5 Å². The van der Waals surface area contributed by atoms with Gasteiger partial charge in [0, 0.05) is 12.1 Å². The zero-order valence-corrected chi connectivity index (χ0v) is 13.6. The Morgan fingerprint density at radius 3 is 2.30 bits per heavy atom. The molecule has 0 aliphatic heterocycles. The van der Waals surface area contributed by atoms with Crippen molar-refractivity contribution in [3.05, 3.63) is 28.2 Å². The number of rotatable bonds is 6. The largest absolute Gasteiger partial charge is 0.324 e. The average Bonchev–Trinajstić information content (AvgIpc) is 2.40. The molecule has 8 heteroatoms. The molecule has 3 N–H and O–H groups in total. The van der Waals surface area contributed by atoms with Gasteiger partial charge in [-0.15, -0.1) is 0 Å². The van der Waals surface area contributed by atoms with E-state index in [1.54, 1.807) is 0 Å². The summed E-state index contributed by atoms with van der Waals surface area (Å²) in [5.41, 5.74) is 5.26. The normalized spacial score (nSPS) is 12.7. The van der Waals surface area contributed by atoms with Gasteiger partial charge in [-0.3, -0.25) is 0 Å². The van der Waals surface area contributed by atoms with Crippen LogP contribution in [0.4, 0.5) is 8.78 Å². The second-order valence-corrected chi connectivity index (χ2v) is 7.18. The monoisotopic (exact) mass is 370 g/mol. The van der Waals surface area contributed by atoms with E-state index in [4.69, 9.17) is 5.73 Å². The third-order valence-electron chi connectivity index (χ3n) is 3.29. The standard InChI is InChI=1S/C12H17BrF2N2O2S/c1-3-12(16,4-2)7-17-20(18,19)11-6-9(14)8(13)5-10(11)15/h5-6,17H,3-4,7,16H2,1-2H3. The summed E-state index contributed by atoms with van der Waals surface area (Å²) >= 11 is 2.79. The summed E-state index contributed by atoms with van der Waals surface area (Å²) in [5, 5.41) is 0. The van der Waals surface area contributed by atoms with E-state index in [0.29, 0.717) is 18.9 Å². The van der Waals surface area contributed by atoms with Gasteiger partial charge in [-0.05, 0) is 40.9 Å². The number of nitrogens with one attached hydrogen (secondary N) is 1. The molecule has 0 saturated heterocycles. The van der Waals surface area contributed by atoms with Crippen LogP contribution >= 0.6 is 15.9 Å². The van der Waals surface area contributed by atoms with Crippen molar-refractivity contribution in [2.75, 3.05) is 6.54 Å². The summed E-state index contributed by atoms with van der Waals surface area (Å²) in [6.07, 6.45) is 1.12. The lowest BCUT2D eigenvalue weighted by atomic mass is 9.95. The molecule has 0 spiro atoms. The first kappa shape index (κ1) is 17.5. The van der Waals surface area contributed by atoms with Gasteiger partial charge in [0.2, 0.25) is 10.0 Å². The van der Waals surface area contributed by atoms with Gasteiger partial charge in [0.25, 0.3) is 0 Å².